The normalized spacial score (nSPS) is 18.0. The standard InChI is InChI=1S/C21H25ClN2O3S/c1-15-6-7-17(13-16(15)2)14-24(20-5-3-4-12-23-21(20)25)28(26,27)19-10-8-18(22)9-11-19/h6-11,13,20H,3-5,12,14H2,1-2H3,(H,23,25). The van der Waals surface area contributed by atoms with Gasteiger partial charge in [-0.2, -0.15) is 4.31 Å². The van der Waals surface area contributed by atoms with Crippen molar-refractivity contribution in [2.45, 2.75) is 50.6 Å². The molecule has 1 saturated heterocycles. The van der Waals surface area contributed by atoms with Gasteiger partial charge in [-0.1, -0.05) is 29.8 Å². The number of benzene rings is 2. The second-order valence-electron chi connectivity index (χ2n) is 7.23. The Hall–Kier alpha value is -1.89. The van der Waals surface area contributed by atoms with Crippen LogP contribution in [0.2, 0.25) is 5.02 Å². The number of sulfonamides is 1. The van der Waals surface area contributed by atoms with Crippen LogP contribution in [0.25, 0.3) is 0 Å². The number of aryl methyl sites for hydroxylation is 2. The molecule has 2 aromatic rings. The van der Waals surface area contributed by atoms with E-state index in [1.165, 1.54) is 16.4 Å². The topological polar surface area (TPSA) is 66.5 Å². The molecule has 3 rings (SSSR count). The lowest BCUT2D eigenvalue weighted by Gasteiger charge is -2.29. The van der Waals surface area contributed by atoms with E-state index in [0.717, 1.165) is 29.5 Å². The van der Waals surface area contributed by atoms with Gasteiger partial charge >= 0.3 is 0 Å². The summed E-state index contributed by atoms with van der Waals surface area (Å²) in [6.45, 7) is 4.73. The summed E-state index contributed by atoms with van der Waals surface area (Å²) in [5.74, 6) is -0.237. The van der Waals surface area contributed by atoms with E-state index in [2.05, 4.69) is 5.32 Å². The number of nitrogens with one attached hydrogen (secondary N) is 1. The van der Waals surface area contributed by atoms with Crippen LogP contribution in [0.1, 0.15) is 36.0 Å². The molecule has 0 bridgehead atoms. The third-order valence-electron chi connectivity index (χ3n) is 5.18. The third-order valence-corrected chi connectivity index (χ3v) is 7.30. The molecule has 1 atom stereocenters. The predicted molar refractivity (Wildman–Crippen MR) is 111 cm³/mol. The van der Waals surface area contributed by atoms with Gasteiger partial charge in [0.05, 0.1) is 4.90 Å². The molecular formula is C21H25ClN2O3S. The summed E-state index contributed by atoms with van der Waals surface area (Å²) in [6.07, 6.45) is 2.15. The highest BCUT2D eigenvalue weighted by molar-refractivity contribution is 7.89. The molecule has 5 nitrogen and oxygen atoms in total. The Kier molecular flexibility index (Phi) is 6.43. The summed E-state index contributed by atoms with van der Waals surface area (Å²) in [7, 11) is -3.87. The predicted octanol–water partition coefficient (Wildman–Crippen LogP) is 3.82. The number of hydrogen-bond acceptors (Lipinski definition) is 3. The van der Waals surface area contributed by atoms with E-state index in [0.29, 0.717) is 18.0 Å². The molecule has 1 unspecified atom stereocenters. The molecule has 0 radical (unpaired) electrons. The van der Waals surface area contributed by atoms with Gasteiger partial charge in [0.25, 0.3) is 0 Å². The molecule has 1 heterocycles. The Morgan fingerprint density at radius 1 is 1.07 bits per heavy atom. The lowest BCUT2D eigenvalue weighted by atomic mass is 10.1. The van der Waals surface area contributed by atoms with Crippen LogP contribution >= 0.6 is 11.6 Å². The van der Waals surface area contributed by atoms with E-state index in [1.54, 1.807) is 12.1 Å². The van der Waals surface area contributed by atoms with Crippen LogP contribution in [0, 0.1) is 13.8 Å². The largest absolute Gasteiger partial charge is 0.355 e. The van der Waals surface area contributed by atoms with Crippen LogP contribution in [-0.4, -0.2) is 31.2 Å². The van der Waals surface area contributed by atoms with Crippen molar-refractivity contribution in [3.05, 3.63) is 64.2 Å². The summed E-state index contributed by atoms with van der Waals surface area (Å²) < 4.78 is 28.3. The second kappa shape index (κ2) is 8.64. The first-order valence-corrected chi connectivity index (χ1v) is 11.2. The van der Waals surface area contributed by atoms with Crippen molar-refractivity contribution in [2.75, 3.05) is 6.54 Å². The fourth-order valence-electron chi connectivity index (χ4n) is 3.38. The Morgan fingerprint density at radius 3 is 2.46 bits per heavy atom. The molecule has 1 aliphatic rings. The van der Waals surface area contributed by atoms with Crippen LogP contribution in [0.5, 0.6) is 0 Å². The van der Waals surface area contributed by atoms with Crippen LogP contribution in [-0.2, 0) is 21.4 Å². The average Bonchev–Trinajstić information content (AvgIpc) is 2.87. The van der Waals surface area contributed by atoms with Crippen LogP contribution in [0.3, 0.4) is 0 Å². The van der Waals surface area contributed by atoms with Crippen molar-refractivity contribution in [2.24, 2.45) is 0 Å². The van der Waals surface area contributed by atoms with Gasteiger partial charge < -0.3 is 5.32 Å². The molecule has 28 heavy (non-hydrogen) atoms. The number of amides is 1. The summed E-state index contributed by atoms with van der Waals surface area (Å²) in [6, 6.07) is 11.2. The highest BCUT2D eigenvalue weighted by Crippen LogP contribution is 2.26. The summed E-state index contributed by atoms with van der Waals surface area (Å²) >= 11 is 5.92. The van der Waals surface area contributed by atoms with E-state index in [4.69, 9.17) is 11.6 Å². The number of rotatable bonds is 5. The van der Waals surface area contributed by atoms with E-state index in [1.807, 2.05) is 32.0 Å². The van der Waals surface area contributed by atoms with Gasteiger partial charge in [-0.3, -0.25) is 4.79 Å². The van der Waals surface area contributed by atoms with Crippen molar-refractivity contribution >= 4 is 27.5 Å². The first kappa shape index (κ1) is 20.8. The summed E-state index contributed by atoms with van der Waals surface area (Å²) in [4.78, 5) is 12.8. The third kappa shape index (κ3) is 4.57. The monoisotopic (exact) mass is 420 g/mol. The van der Waals surface area contributed by atoms with E-state index < -0.39 is 16.1 Å². The van der Waals surface area contributed by atoms with Crippen LogP contribution in [0.15, 0.2) is 47.4 Å². The molecule has 0 saturated carbocycles. The van der Waals surface area contributed by atoms with Gasteiger partial charge in [-0.05, 0) is 74.1 Å². The SMILES string of the molecule is Cc1ccc(CN(C2CCCCNC2=O)S(=O)(=O)c2ccc(Cl)cc2)cc1C. The number of carbonyl (C=O) groups excluding carboxylic acids is 1. The molecule has 0 aliphatic carbocycles. The molecule has 0 spiro atoms. The Labute approximate surface area is 171 Å². The van der Waals surface area contributed by atoms with Crippen molar-refractivity contribution in [1.82, 2.24) is 9.62 Å². The Balaban J connectivity index is 2.03. The molecule has 1 fully saturated rings. The van der Waals surface area contributed by atoms with Crippen LogP contribution < -0.4 is 5.32 Å². The fraction of sp³-hybridized carbons (Fsp3) is 0.381. The minimum atomic E-state index is -3.87. The lowest BCUT2D eigenvalue weighted by Crippen LogP contribution is -2.48. The maximum atomic E-state index is 13.5. The highest BCUT2D eigenvalue weighted by atomic mass is 35.5. The van der Waals surface area contributed by atoms with Gasteiger partial charge in [-0.15, -0.1) is 0 Å². The first-order chi connectivity index (χ1) is 13.3. The molecule has 0 aromatic heterocycles. The highest BCUT2D eigenvalue weighted by Gasteiger charge is 2.36. The number of halogens is 1. The van der Waals surface area contributed by atoms with Gasteiger partial charge in [0.1, 0.15) is 6.04 Å². The maximum absolute atomic E-state index is 13.5. The summed E-state index contributed by atoms with van der Waals surface area (Å²) in [5.41, 5.74) is 3.09. The molecule has 1 aliphatic heterocycles. The first-order valence-electron chi connectivity index (χ1n) is 9.40. The fourth-order valence-corrected chi connectivity index (χ4v) is 5.12. The lowest BCUT2D eigenvalue weighted by molar-refractivity contribution is -0.124. The molecule has 7 heteroatoms. The van der Waals surface area contributed by atoms with Gasteiger partial charge in [0.15, 0.2) is 0 Å². The van der Waals surface area contributed by atoms with Crippen molar-refractivity contribution in [1.29, 1.82) is 0 Å². The van der Waals surface area contributed by atoms with Crippen molar-refractivity contribution in [3.63, 3.8) is 0 Å². The summed E-state index contributed by atoms with van der Waals surface area (Å²) in [5, 5.41) is 3.31. The van der Waals surface area contributed by atoms with E-state index in [-0.39, 0.29) is 17.3 Å². The zero-order chi connectivity index (χ0) is 20.3. The van der Waals surface area contributed by atoms with Gasteiger partial charge in [0.2, 0.25) is 15.9 Å². The zero-order valence-corrected chi connectivity index (χ0v) is 17.7. The Morgan fingerprint density at radius 2 is 1.79 bits per heavy atom. The molecular weight excluding hydrogens is 396 g/mol. The minimum Gasteiger partial charge on any atom is -0.355 e. The van der Waals surface area contributed by atoms with E-state index in [9.17, 15) is 13.2 Å². The van der Waals surface area contributed by atoms with Gasteiger partial charge in [0, 0.05) is 18.1 Å². The maximum Gasteiger partial charge on any atom is 0.244 e. The molecule has 2 aromatic carbocycles. The van der Waals surface area contributed by atoms with Crippen molar-refractivity contribution in [3.8, 4) is 0 Å². The minimum absolute atomic E-state index is 0.137. The molecule has 1 amide bonds. The number of carbonyl (C=O) groups is 1. The second-order valence-corrected chi connectivity index (χ2v) is 9.55. The van der Waals surface area contributed by atoms with Crippen molar-refractivity contribution < 1.29 is 13.2 Å². The van der Waals surface area contributed by atoms with Gasteiger partial charge in [-0.25, -0.2) is 8.42 Å². The van der Waals surface area contributed by atoms with E-state index >= 15 is 0 Å². The molecule has 1 N–H and O–H groups in total. The smallest absolute Gasteiger partial charge is 0.244 e. The average molecular weight is 421 g/mol. The number of hydrogen-bond donors (Lipinski definition) is 1. The Bertz CT molecular complexity index is 958. The quantitative estimate of drug-likeness (QED) is 0.799. The zero-order valence-electron chi connectivity index (χ0n) is 16.1. The molecule has 150 valence electrons. The van der Waals surface area contributed by atoms with Crippen LogP contribution in [0.4, 0.5) is 0 Å². The number of nitrogens with zero attached hydrogens (tertiary/aromatic N) is 1.